The van der Waals surface area contributed by atoms with Crippen molar-refractivity contribution in [1.82, 2.24) is 15.0 Å². The lowest BCUT2D eigenvalue weighted by atomic mass is 10.2. The number of hydrogen-bond donors (Lipinski definition) is 2. The van der Waals surface area contributed by atoms with E-state index in [4.69, 9.17) is 0 Å². The van der Waals surface area contributed by atoms with Gasteiger partial charge >= 0.3 is 0 Å². The van der Waals surface area contributed by atoms with Gasteiger partial charge in [0.2, 0.25) is 5.95 Å². The molecule has 0 spiro atoms. The Bertz CT molecular complexity index is 571. The molecule has 0 unspecified atom stereocenters. The highest BCUT2D eigenvalue weighted by Crippen LogP contribution is 2.16. The van der Waals surface area contributed by atoms with Crippen molar-refractivity contribution >= 4 is 17.5 Å². The molecule has 98 valence electrons. The molecule has 1 amide bonds. The van der Waals surface area contributed by atoms with Crippen molar-refractivity contribution in [2.24, 2.45) is 0 Å². The van der Waals surface area contributed by atoms with Gasteiger partial charge in [0.1, 0.15) is 0 Å². The van der Waals surface area contributed by atoms with E-state index in [0.717, 1.165) is 17.9 Å². The van der Waals surface area contributed by atoms with Crippen molar-refractivity contribution in [1.29, 1.82) is 0 Å². The molecule has 0 atom stereocenters. The van der Waals surface area contributed by atoms with Crippen LogP contribution in [0.4, 0.5) is 11.6 Å². The van der Waals surface area contributed by atoms with Crippen LogP contribution in [0.3, 0.4) is 0 Å². The Balaban J connectivity index is 2.23. The highest BCUT2D eigenvalue weighted by molar-refractivity contribution is 6.07. The first kappa shape index (κ1) is 12.9. The van der Waals surface area contributed by atoms with Gasteiger partial charge in [-0.1, -0.05) is 0 Å². The normalized spacial score (nSPS) is 10.0. The molecule has 6 nitrogen and oxygen atoms in total. The standard InChI is InChI=1S/C13H15N5O/c1-3-14-11-7-9(2)17-8-10(11)12(19)18-13-15-5-4-6-16-13/h4-8H,3H2,1-2H3,(H,14,17)(H,15,16,18,19). The number of aryl methyl sites for hydroxylation is 1. The number of hydrogen-bond acceptors (Lipinski definition) is 5. The van der Waals surface area contributed by atoms with Crippen LogP contribution in [0.15, 0.2) is 30.7 Å². The zero-order chi connectivity index (χ0) is 13.7. The molecule has 19 heavy (non-hydrogen) atoms. The van der Waals surface area contributed by atoms with Crippen LogP contribution in [-0.4, -0.2) is 27.4 Å². The fourth-order valence-electron chi connectivity index (χ4n) is 1.61. The Morgan fingerprint density at radius 2 is 2.00 bits per heavy atom. The SMILES string of the molecule is CCNc1cc(C)ncc1C(=O)Nc1ncccn1. The van der Waals surface area contributed by atoms with Gasteiger partial charge in [-0.15, -0.1) is 0 Å². The summed E-state index contributed by atoms with van der Waals surface area (Å²) in [4.78, 5) is 24.2. The van der Waals surface area contributed by atoms with E-state index in [-0.39, 0.29) is 11.9 Å². The van der Waals surface area contributed by atoms with Gasteiger partial charge in [0.05, 0.1) is 11.3 Å². The molecule has 0 saturated heterocycles. The van der Waals surface area contributed by atoms with E-state index in [0.29, 0.717) is 5.56 Å². The predicted octanol–water partition coefficient (Wildman–Crippen LogP) is 1.86. The summed E-state index contributed by atoms with van der Waals surface area (Å²) in [5.41, 5.74) is 2.08. The van der Waals surface area contributed by atoms with Crippen LogP contribution in [0, 0.1) is 6.92 Å². The topological polar surface area (TPSA) is 79.8 Å². The molecule has 2 aromatic rings. The van der Waals surface area contributed by atoms with Crippen LogP contribution in [0.1, 0.15) is 23.0 Å². The molecule has 2 aromatic heterocycles. The maximum atomic E-state index is 12.1. The Morgan fingerprint density at radius 1 is 1.26 bits per heavy atom. The average molecular weight is 257 g/mol. The van der Waals surface area contributed by atoms with Gasteiger partial charge in [-0.05, 0) is 26.0 Å². The van der Waals surface area contributed by atoms with E-state index in [1.807, 2.05) is 19.9 Å². The van der Waals surface area contributed by atoms with Gasteiger partial charge in [0, 0.05) is 30.8 Å². The molecule has 2 rings (SSSR count). The molecule has 2 heterocycles. The summed E-state index contributed by atoms with van der Waals surface area (Å²) in [5, 5.41) is 5.78. The smallest absolute Gasteiger partial charge is 0.261 e. The summed E-state index contributed by atoms with van der Waals surface area (Å²) in [5.74, 6) is -0.00910. The minimum atomic E-state index is -0.283. The lowest BCUT2D eigenvalue weighted by Crippen LogP contribution is -2.17. The van der Waals surface area contributed by atoms with Gasteiger partial charge < -0.3 is 5.32 Å². The highest BCUT2D eigenvalue weighted by atomic mass is 16.1. The first-order chi connectivity index (χ1) is 9.20. The number of nitrogens with one attached hydrogen (secondary N) is 2. The third-order valence-corrected chi connectivity index (χ3v) is 2.44. The number of rotatable bonds is 4. The molecular formula is C13H15N5O. The third-order valence-electron chi connectivity index (χ3n) is 2.44. The number of anilines is 2. The van der Waals surface area contributed by atoms with Gasteiger partial charge in [-0.2, -0.15) is 0 Å². The van der Waals surface area contributed by atoms with Gasteiger partial charge in [-0.3, -0.25) is 15.1 Å². The molecule has 0 bridgehead atoms. The molecule has 0 aliphatic carbocycles. The van der Waals surface area contributed by atoms with E-state index in [2.05, 4.69) is 25.6 Å². The van der Waals surface area contributed by atoms with Crippen molar-refractivity contribution in [2.75, 3.05) is 17.2 Å². The number of aromatic nitrogens is 3. The minimum absolute atomic E-state index is 0.274. The van der Waals surface area contributed by atoms with E-state index < -0.39 is 0 Å². The molecule has 0 saturated carbocycles. The van der Waals surface area contributed by atoms with E-state index >= 15 is 0 Å². The summed E-state index contributed by atoms with van der Waals surface area (Å²) in [6.07, 6.45) is 4.69. The zero-order valence-electron chi connectivity index (χ0n) is 10.8. The van der Waals surface area contributed by atoms with E-state index in [1.54, 1.807) is 24.7 Å². The largest absolute Gasteiger partial charge is 0.385 e. The first-order valence-electron chi connectivity index (χ1n) is 5.99. The molecule has 6 heteroatoms. The highest BCUT2D eigenvalue weighted by Gasteiger charge is 2.13. The lowest BCUT2D eigenvalue weighted by molar-refractivity contribution is 0.102. The van der Waals surface area contributed by atoms with Gasteiger partial charge in [-0.25, -0.2) is 9.97 Å². The van der Waals surface area contributed by atoms with E-state index in [9.17, 15) is 4.79 Å². The Kier molecular flexibility index (Phi) is 4.02. The van der Waals surface area contributed by atoms with Crippen molar-refractivity contribution in [3.8, 4) is 0 Å². The van der Waals surface area contributed by atoms with Crippen LogP contribution in [0.2, 0.25) is 0 Å². The molecule has 0 aliphatic rings. The monoisotopic (exact) mass is 257 g/mol. The lowest BCUT2D eigenvalue weighted by Gasteiger charge is -2.10. The number of carbonyl (C=O) groups is 1. The van der Waals surface area contributed by atoms with Crippen LogP contribution >= 0.6 is 0 Å². The van der Waals surface area contributed by atoms with Gasteiger partial charge in [0.15, 0.2) is 0 Å². The second-order valence-corrected chi connectivity index (χ2v) is 3.93. The maximum Gasteiger partial charge on any atom is 0.261 e. The summed E-state index contributed by atoms with van der Waals surface area (Å²) >= 11 is 0. The minimum Gasteiger partial charge on any atom is -0.385 e. The zero-order valence-corrected chi connectivity index (χ0v) is 10.8. The number of carbonyl (C=O) groups excluding carboxylic acids is 1. The van der Waals surface area contributed by atoms with Crippen molar-refractivity contribution in [2.45, 2.75) is 13.8 Å². The van der Waals surface area contributed by atoms with Crippen LogP contribution in [0.5, 0.6) is 0 Å². The maximum absolute atomic E-state index is 12.1. The Hall–Kier alpha value is -2.50. The molecule has 2 N–H and O–H groups in total. The molecule has 0 aliphatic heterocycles. The molecule has 0 fully saturated rings. The summed E-state index contributed by atoms with van der Waals surface area (Å²) in [7, 11) is 0. The van der Waals surface area contributed by atoms with Crippen LogP contribution in [-0.2, 0) is 0 Å². The predicted molar refractivity (Wildman–Crippen MR) is 73.1 cm³/mol. The second-order valence-electron chi connectivity index (χ2n) is 3.93. The Labute approximate surface area is 111 Å². The third kappa shape index (κ3) is 3.25. The second kappa shape index (κ2) is 5.90. The summed E-state index contributed by atoms with van der Waals surface area (Å²) < 4.78 is 0. The van der Waals surface area contributed by atoms with Crippen LogP contribution < -0.4 is 10.6 Å². The van der Waals surface area contributed by atoms with Crippen molar-refractivity contribution in [3.63, 3.8) is 0 Å². The summed E-state index contributed by atoms with van der Waals surface area (Å²) in [6.45, 7) is 4.58. The first-order valence-corrected chi connectivity index (χ1v) is 5.99. The molecule has 0 radical (unpaired) electrons. The molecular weight excluding hydrogens is 242 g/mol. The summed E-state index contributed by atoms with van der Waals surface area (Å²) in [6, 6.07) is 3.53. The fraction of sp³-hybridized carbons (Fsp3) is 0.231. The van der Waals surface area contributed by atoms with E-state index in [1.165, 1.54) is 0 Å². The average Bonchev–Trinajstić information content (AvgIpc) is 2.40. The number of amides is 1. The molecule has 0 aromatic carbocycles. The number of nitrogens with zero attached hydrogens (tertiary/aromatic N) is 3. The van der Waals surface area contributed by atoms with Crippen molar-refractivity contribution < 1.29 is 4.79 Å². The van der Waals surface area contributed by atoms with Gasteiger partial charge in [0.25, 0.3) is 5.91 Å². The quantitative estimate of drug-likeness (QED) is 0.874. The van der Waals surface area contributed by atoms with Crippen LogP contribution in [0.25, 0.3) is 0 Å². The van der Waals surface area contributed by atoms with Crippen molar-refractivity contribution in [3.05, 3.63) is 42.0 Å². The fourth-order valence-corrected chi connectivity index (χ4v) is 1.61. The number of pyridine rings is 1. The Morgan fingerprint density at radius 3 is 2.68 bits per heavy atom.